The predicted molar refractivity (Wildman–Crippen MR) is 67.6 cm³/mol. The normalized spacial score (nSPS) is 13.3. The summed E-state index contributed by atoms with van der Waals surface area (Å²) in [4.78, 5) is 10.8. The average Bonchev–Trinajstić information content (AvgIpc) is 2.88. The molecule has 1 N–H and O–H groups in total. The van der Waals surface area contributed by atoms with Crippen LogP contribution in [-0.4, -0.2) is 29.4 Å². The van der Waals surface area contributed by atoms with Crippen LogP contribution in [0.5, 0.6) is 11.5 Å². The van der Waals surface area contributed by atoms with Crippen molar-refractivity contribution < 1.29 is 23.9 Å². The van der Waals surface area contributed by atoms with Gasteiger partial charge >= 0.3 is 5.97 Å². The first-order valence-electron chi connectivity index (χ1n) is 5.45. The van der Waals surface area contributed by atoms with Crippen LogP contribution in [0.25, 0.3) is 11.3 Å². The lowest BCUT2D eigenvalue weighted by atomic mass is 10.1. The van der Waals surface area contributed by atoms with Crippen molar-refractivity contribution in [1.82, 2.24) is 5.16 Å². The first-order chi connectivity index (χ1) is 9.16. The summed E-state index contributed by atoms with van der Waals surface area (Å²) in [6.07, 6.45) is 0. The topological polar surface area (TPSA) is 81.8 Å². The monoisotopic (exact) mass is 325 g/mol. The van der Waals surface area contributed by atoms with E-state index in [0.717, 1.165) is 4.47 Å². The van der Waals surface area contributed by atoms with E-state index in [1.54, 1.807) is 12.1 Å². The van der Waals surface area contributed by atoms with Crippen molar-refractivity contribution in [3.8, 4) is 22.8 Å². The van der Waals surface area contributed by atoms with Crippen molar-refractivity contribution in [1.29, 1.82) is 0 Å². The number of carboxylic acid groups (broad SMARTS) is 1. The van der Waals surface area contributed by atoms with Gasteiger partial charge in [-0.1, -0.05) is 5.16 Å². The number of ether oxygens (including phenoxy) is 2. The molecule has 98 valence electrons. The Bertz CT molecular complexity index is 652. The maximum Gasteiger partial charge on any atom is 0.374 e. The molecule has 3 rings (SSSR count). The summed E-state index contributed by atoms with van der Waals surface area (Å²) in [5, 5.41) is 12.6. The summed E-state index contributed by atoms with van der Waals surface area (Å²) in [5.41, 5.74) is 1.00. The molecule has 0 amide bonds. The van der Waals surface area contributed by atoms with E-state index in [-0.39, 0.29) is 5.76 Å². The number of fused-ring (bicyclic) bond motifs is 1. The highest BCUT2D eigenvalue weighted by Gasteiger charge is 2.23. The maximum atomic E-state index is 10.8. The summed E-state index contributed by atoms with van der Waals surface area (Å²) in [6.45, 7) is 0.910. The van der Waals surface area contributed by atoms with Gasteiger partial charge < -0.3 is 19.1 Å². The third-order valence-electron chi connectivity index (χ3n) is 2.64. The molecule has 0 saturated carbocycles. The van der Waals surface area contributed by atoms with E-state index in [2.05, 4.69) is 21.1 Å². The molecular formula is C12H8BrNO5. The minimum Gasteiger partial charge on any atom is -0.486 e. The van der Waals surface area contributed by atoms with Crippen LogP contribution in [0, 0.1) is 0 Å². The Kier molecular flexibility index (Phi) is 2.90. The summed E-state index contributed by atoms with van der Waals surface area (Å²) < 4.78 is 16.5. The van der Waals surface area contributed by atoms with E-state index in [0.29, 0.717) is 36.0 Å². The van der Waals surface area contributed by atoms with Crippen LogP contribution in [0.3, 0.4) is 0 Å². The molecule has 1 aliphatic heterocycles. The highest BCUT2D eigenvalue weighted by Crippen LogP contribution is 2.44. The molecule has 6 nitrogen and oxygen atoms in total. The van der Waals surface area contributed by atoms with E-state index < -0.39 is 5.97 Å². The van der Waals surface area contributed by atoms with Gasteiger partial charge in [0.25, 0.3) is 0 Å². The maximum absolute atomic E-state index is 10.8. The van der Waals surface area contributed by atoms with Crippen molar-refractivity contribution in [3.63, 3.8) is 0 Å². The van der Waals surface area contributed by atoms with Gasteiger partial charge in [-0.25, -0.2) is 4.79 Å². The van der Waals surface area contributed by atoms with Crippen LogP contribution in [0.4, 0.5) is 0 Å². The fourth-order valence-corrected chi connectivity index (χ4v) is 2.34. The highest BCUT2D eigenvalue weighted by molar-refractivity contribution is 9.10. The van der Waals surface area contributed by atoms with E-state index in [9.17, 15) is 4.79 Å². The number of nitrogens with zero attached hydrogens (tertiary/aromatic N) is 1. The van der Waals surface area contributed by atoms with Crippen molar-refractivity contribution in [2.24, 2.45) is 0 Å². The number of carboxylic acids is 1. The Morgan fingerprint density at radius 2 is 2.11 bits per heavy atom. The van der Waals surface area contributed by atoms with Gasteiger partial charge in [-0.2, -0.15) is 0 Å². The summed E-state index contributed by atoms with van der Waals surface area (Å²) in [7, 11) is 0. The van der Waals surface area contributed by atoms with Crippen LogP contribution in [0.1, 0.15) is 10.6 Å². The molecule has 7 heteroatoms. The van der Waals surface area contributed by atoms with Gasteiger partial charge in [0, 0.05) is 10.5 Å². The summed E-state index contributed by atoms with van der Waals surface area (Å²) in [5.74, 6) is -0.261. The number of carbonyl (C=O) groups is 1. The van der Waals surface area contributed by atoms with Gasteiger partial charge in [0.05, 0.1) is 5.56 Å². The van der Waals surface area contributed by atoms with Crippen molar-refractivity contribution in [2.45, 2.75) is 0 Å². The molecule has 19 heavy (non-hydrogen) atoms. The molecule has 2 aromatic rings. The number of aromatic carboxylic acids is 1. The molecule has 0 saturated heterocycles. The van der Waals surface area contributed by atoms with Crippen LogP contribution >= 0.6 is 15.9 Å². The number of rotatable bonds is 2. The highest BCUT2D eigenvalue weighted by atomic mass is 79.9. The van der Waals surface area contributed by atoms with Crippen LogP contribution < -0.4 is 9.47 Å². The Balaban J connectivity index is 2.15. The molecular weight excluding hydrogens is 318 g/mol. The zero-order valence-corrected chi connectivity index (χ0v) is 11.1. The van der Waals surface area contributed by atoms with E-state index >= 15 is 0 Å². The third kappa shape index (κ3) is 2.06. The first kappa shape index (κ1) is 12.0. The largest absolute Gasteiger partial charge is 0.486 e. The number of halogens is 1. The van der Waals surface area contributed by atoms with Crippen LogP contribution in [0.15, 0.2) is 27.2 Å². The smallest absolute Gasteiger partial charge is 0.374 e. The number of aromatic nitrogens is 1. The van der Waals surface area contributed by atoms with Gasteiger partial charge in [-0.05, 0) is 28.1 Å². The lowest BCUT2D eigenvalue weighted by Crippen LogP contribution is -2.16. The van der Waals surface area contributed by atoms with E-state index in [4.69, 9.17) is 19.1 Å². The molecule has 0 bridgehead atoms. The molecule has 2 heterocycles. The van der Waals surface area contributed by atoms with Crippen molar-refractivity contribution in [2.75, 3.05) is 13.2 Å². The molecule has 0 unspecified atom stereocenters. The van der Waals surface area contributed by atoms with Gasteiger partial charge in [-0.15, -0.1) is 0 Å². The molecule has 0 aliphatic carbocycles. The second-order valence-corrected chi connectivity index (χ2v) is 4.68. The Morgan fingerprint density at radius 3 is 2.84 bits per heavy atom. The predicted octanol–water partition coefficient (Wildman–Crippen LogP) is 2.57. The second kappa shape index (κ2) is 4.58. The van der Waals surface area contributed by atoms with Gasteiger partial charge in [-0.3, -0.25) is 0 Å². The lowest BCUT2D eigenvalue weighted by molar-refractivity contribution is 0.0652. The Hall–Kier alpha value is -2.02. The molecule has 1 aliphatic rings. The van der Waals surface area contributed by atoms with Crippen LogP contribution in [0.2, 0.25) is 0 Å². The fraction of sp³-hybridized carbons (Fsp3) is 0.167. The number of hydrogen-bond donors (Lipinski definition) is 1. The third-order valence-corrected chi connectivity index (χ3v) is 3.30. The minimum absolute atomic E-state index is 0.226. The molecule has 1 aromatic heterocycles. The minimum atomic E-state index is -1.17. The molecule has 0 radical (unpaired) electrons. The number of benzene rings is 1. The van der Waals surface area contributed by atoms with Gasteiger partial charge in [0.1, 0.15) is 18.9 Å². The molecule has 1 aromatic carbocycles. The fourth-order valence-electron chi connectivity index (χ4n) is 1.82. The van der Waals surface area contributed by atoms with E-state index in [1.807, 2.05) is 0 Å². The van der Waals surface area contributed by atoms with Crippen molar-refractivity contribution >= 4 is 21.9 Å². The second-order valence-electron chi connectivity index (χ2n) is 3.83. The average molecular weight is 326 g/mol. The molecule has 0 atom stereocenters. The zero-order chi connectivity index (χ0) is 13.4. The number of hydrogen-bond acceptors (Lipinski definition) is 5. The molecule has 0 fully saturated rings. The summed E-state index contributed by atoms with van der Waals surface area (Å²) in [6, 6.07) is 4.92. The molecule has 0 spiro atoms. The first-order valence-corrected chi connectivity index (χ1v) is 6.24. The lowest BCUT2D eigenvalue weighted by Gasteiger charge is -2.21. The van der Waals surface area contributed by atoms with Crippen LogP contribution in [-0.2, 0) is 0 Å². The van der Waals surface area contributed by atoms with Crippen molar-refractivity contribution in [3.05, 3.63) is 28.4 Å². The Morgan fingerprint density at radius 1 is 1.32 bits per heavy atom. The van der Waals surface area contributed by atoms with E-state index in [1.165, 1.54) is 6.07 Å². The standard InChI is InChI=1S/C12H8BrNO5/c13-6-1-2-8-11(18-4-3-17-8)10(6)7-5-9(12(15)16)19-14-7/h1-2,5H,3-4H2,(H,15,16). The SMILES string of the molecule is O=C(O)c1cc(-c2c(Br)ccc3c2OCCO3)no1. The zero-order valence-electron chi connectivity index (χ0n) is 9.55. The quantitative estimate of drug-likeness (QED) is 0.913. The summed E-state index contributed by atoms with van der Waals surface area (Å²) >= 11 is 3.39. The van der Waals surface area contributed by atoms with Gasteiger partial charge in [0.15, 0.2) is 11.5 Å². The Labute approximate surface area is 116 Å². The van der Waals surface area contributed by atoms with Gasteiger partial charge in [0.2, 0.25) is 5.76 Å².